The van der Waals surface area contributed by atoms with Crippen molar-refractivity contribution >= 4 is 28.8 Å². The van der Waals surface area contributed by atoms with Gasteiger partial charge in [-0.1, -0.05) is 13.3 Å². The first-order valence-corrected chi connectivity index (χ1v) is 14.6. The Balaban J connectivity index is 2.51. The van der Waals surface area contributed by atoms with E-state index < -0.39 is 45.6 Å². The fourth-order valence-corrected chi connectivity index (χ4v) is 5.29. The molecule has 0 spiro atoms. The van der Waals surface area contributed by atoms with E-state index in [2.05, 4.69) is 4.98 Å². The van der Waals surface area contributed by atoms with Gasteiger partial charge in [-0.15, -0.1) is 0 Å². The fourth-order valence-electron chi connectivity index (χ4n) is 4.19. The Labute approximate surface area is 226 Å². The summed E-state index contributed by atoms with van der Waals surface area (Å²) >= 11 is 0. The van der Waals surface area contributed by atoms with Crippen molar-refractivity contribution in [2.45, 2.75) is 97.3 Å². The van der Waals surface area contributed by atoms with Gasteiger partial charge in [-0.2, -0.15) is 22.5 Å². The van der Waals surface area contributed by atoms with Crippen LogP contribution in [0.3, 0.4) is 0 Å². The number of ether oxygens (including phenoxy) is 2. The van der Waals surface area contributed by atoms with Crippen molar-refractivity contribution in [3.05, 3.63) is 12.1 Å². The molecule has 38 heavy (non-hydrogen) atoms. The van der Waals surface area contributed by atoms with Crippen molar-refractivity contribution in [2.24, 2.45) is 0 Å². The Morgan fingerprint density at radius 3 is 2.21 bits per heavy atom. The van der Waals surface area contributed by atoms with Crippen LogP contribution in [0.15, 0.2) is 12.1 Å². The lowest BCUT2D eigenvalue weighted by Gasteiger charge is -2.42. The maximum atomic E-state index is 14.2. The molecule has 1 fully saturated rings. The maximum absolute atomic E-state index is 14.2. The Kier molecular flexibility index (Phi) is 10.2. The van der Waals surface area contributed by atoms with Gasteiger partial charge in [-0.25, -0.2) is 8.42 Å². The van der Waals surface area contributed by atoms with E-state index in [1.54, 1.807) is 19.2 Å². The topological polar surface area (TPSA) is 81.2 Å². The molecule has 1 saturated heterocycles. The lowest BCUT2D eigenvalue weighted by Crippen LogP contribution is -2.60. The van der Waals surface area contributed by atoms with Crippen LogP contribution in [-0.4, -0.2) is 86.7 Å². The lowest BCUT2D eigenvalue weighted by atomic mass is 9.82. The van der Waals surface area contributed by atoms with Crippen LogP contribution in [0.2, 0.25) is 0 Å². The van der Waals surface area contributed by atoms with E-state index in [9.17, 15) is 21.6 Å². The molecule has 2 heterocycles. The highest BCUT2D eigenvalue weighted by Crippen LogP contribution is 2.33. The smallest absolute Gasteiger partial charge is 0.410 e. The number of anilines is 1. The summed E-state index contributed by atoms with van der Waals surface area (Å²) in [6.07, 6.45) is -3.10. The molecule has 8 nitrogen and oxygen atoms in total. The van der Waals surface area contributed by atoms with Crippen molar-refractivity contribution in [1.29, 1.82) is 0 Å². The first-order valence-electron chi connectivity index (χ1n) is 13.0. The third-order valence-electron chi connectivity index (χ3n) is 7.41. The highest BCUT2D eigenvalue weighted by molar-refractivity contribution is 7.89. The van der Waals surface area contributed by atoms with Crippen molar-refractivity contribution < 1.29 is 35.7 Å². The zero-order valence-electron chi connectivity index (χ0n) is 24.1. The Hall–Kier alpha value is -1.57. The number of halogens is 3. The summed E-state index contributed by atoms with van der Waals surface area (Å²) in [5.41, 5.74) is -1.36. The monoisotopic (exact) mass is 565 g/mol. The number of sulfonamides is 1. The number of rotatable bonds is 12. The van der Waals surface area contributed by atoms with Gasteiger partial charge >= 0.3 is 13.7 Å². The molecule has 13 heteroatoms. The Morgan fingerprint density at radius 2 is 1.68 bits per heavy atom. The van der Waals surface area contributed by atoms with Gasteiger partial charge < -0.3 is 19.0 Å². The summed E-state index contributed by atoms with van der Waals surface area (Å²) in [5.74, 6) is -0.0122. The number of pyridine rings is 1. The van der Waals surface area contributed by atoms with Crippen molar-refractivity contribution in [1.82, 2.24) is 9.29 Å². The summed E-state index contributed by atoms with van der Waals surface area (Å²) in [4.78, 5) is 5.58. The maximum Gasteiger partial charge on any atom is 0.410 e. The molecule has 2 rings (SSSR count). The third-order valence-corrected chi connectivity index (χ3v) is 9.26. The molecule has 1 atom stereocenters. The third kappa shape index (κ3) is 7.98. The molecular weight excluding hydrogens is 522 g/mol. The zero-order chi connectivity index (χ0) is 29.2. The zero-order valence-corrected chi connectivity index (χ0v) is 24.9. The number of aromatic nitrogens is 1. The fraction of sp³-hybridized carbons (Fsp3) is 0.800. The van der Waals surface area contributed by atoms with Crippen LogP contribution in [0.5, 0.6) is 5.88 Å². The molecule has 1 aliphatic heterocycles. The van der Waals surface area contributed by atoms with Gasteiger partial charge in [0.25, 0.3) is 0 Å². The number of alkyl halides is 3. The molecule has 1 aliphatic rings. The lowest BCUT2D eigenvalue weighted by molar-refractivity contribution is -0.153. The van der Waals surface area contributed by atoms with Gasteiger partial charge in [0, 0.05) is 26.7 Å². The van der Waals surface area contributed by atoms with Crippen LogP contribution in [0, 0.1) is 0 Å². The molecule has 0 aromatic carbocycles. The Bertz CT molecular complexity index is 1050. The average Bonchev–Trinajstić information content (AvgIpc) is 2.81. The van der Waals surface area contributed by atoms with Crippen LogP contribution in [0.25, 0.3) is 0 Å². The van der Waals surface area contributed by atoms with Crippen LogP contribution in [0.4, 0.5) is 19.0 Å². The predicted octanol–water partition coefficient (Wildman–Crippen LogP) is 3.64. The molecule has 1 unspecified atom stereocenters. The second-order valence-electron chi connectivity index (χ2n) is 11.3. The van der Waals surface area contributed by atoms with Crippen LogP contribution in [-0.2, 0) is 19.4 Å². The molecular formula is C25H43BF3N3O5S. The van der Waals surface area contributed by atoms with E-state index in [1.165, 1.54) is 6.92 Å². The Morgan fingerprint density at radius 1 is 1.05 bits per heavy atom. The highest BCUT2D eigenvalue weighted by Gasteiger charge is 2.49. The largest absolute Gasteiger partial charge is 0.472 e. The normalized spacial score (nSPS) is 18.5. The van der Waals surface area contributed by atoms with Crippen molar-refractivity contribution in [3.8, 4) is 5.88 Å². The quantitative estimate of drug-likeness (QED) is 0.358. The average molecular weight is 566 g/mol. The van der Waals surface area contributed by atoms with E-state index in [0.717, 1.165) is 22.0 Å². The summed E-state index contributed by atoms with van der Waals surface area (Å²) in [6, 6.07) is 1.18. The molecule has 0 saturated carbocycles. The number of nitrogens with zero attached hydrogens (tertiary/aromatic N) is 3. The van der Waals surface area contributed by atoms with Gasteiger partial charge in [0.2, 0.25) is 15.9 Å². The van der Waals surface area contributed by atoms with Gasteiger partial charge in [0.1, 0.15) is 17.5 Å². The molecule has 1 aromatic rings. The van der Waals surface area contributed by atoms with Crippen LogP contribution in [0.1, 0.15) is 68.2 Å². The predicted molar refractivity (Wildman–Crippen MR) is 145 cm³/mol. The number of piperazine rings is 1. The molecule has 1 aromatic heterocycles. The summed E-state index contributed by atoms with van der Waals surface area (Å²) in [6.45, 7) is 13.9. The van der Waals surface area contributed by atoms with Crippen molar-refractivity contribution in [3.63, 3.8) is 0 Å². The second-order valence-corrected chi connectivity index (χ2v) is 13.6. The van der Waals surface area contributed by atoms with E-state index in [4.69, 9.17) is 14.1 Å². The van der Waals surface area contributed by atoms with E-state index in [1.807, 2.05) is 48.5 Å². The minimum atomic E-state index is -4.68. The van der Waals surface area contributed by atoms with Gasteiger partial charge in [-0.3, -0.25) is 0 Å². The number of hydrogen-bond donors (Lipinski definition) is 0. The molecule has 0 N–H and O–H groups in total. The summed E-state index contributed by atoms with van der Waals surface area (Å²) in [7, 11) is -2.10. The molecule has 0 amide bonds. The first kappa shape index (κ1) is 32.6. The van der Waals surface area contributed by atoms with E-state index in [-0.39, 0.29) is 38.0 Å². The standard InChI is InChI=1S/C25H43BF3N3O5S/c1-10-12-22(3,4)36-21-16-18(26-37-24(7,8)23(5,6)35-9)15-20(30-21)32-14-13-31(38(33,34)11-2)17-19(32)25(27,28)29/h15-16,19,26H,10-14,17H2,1-9H3. The van der Waals surface area contributed by atoms with E-state index >= 15 is 0 Å². The molecule has 0 radical (unpaired) electrons. The molecule has 218 valence electrons. The van der Waals surface area contributed by atoms with Crippen LogP contribution < -0.4 is 15.1 Å². The van der Waals surface area contributed by atoms with Gasteiger partial charge in [0.05, 0.1) is 17.0 Å². The minimum Gasteiger partial charge on any atom is -0.472 e. The number of hydrogen-bond acceptors (Lipinski definition) is 7. The van der Waals surface area contributed by atoms with Gasteiger partial charge in [-0.05, 0) is 72.5 Å². The van der Waals surface area contributed by atoms with E-state index in [0.29, 0.717) is 5.46 Å². The minimum absolute atomic E-state index is 0.0630. The first-order chi connectivity index (χ1) is 17.3. The van der Waals surface area contributed by atoms with Gasteiger partial charge in [0.15, 0.2) is 0 Å². The highest BCUT2D eigenvalue weighted by atomic mass is 32.2. The SMILES string of the molecule is CCCC(C)(C)Oc1cc(BOC(C)(C)C(C)(C)OC)cc(N2CCN(S(=O)(=O)CC)CC2C(F)(F)F)n1. The number of methoxy groups -OCH3 is 1. The summed E-state index contributed by atoms with van der Waals surface area (Å²) in [5, 5.41) is 0. The second kappa shape index (κ2) is 11.9. The molecule has 0 bridgehead atoms. The summed E-state index contributed by atoms with van der Waals surface area (Å²) < 4.78 is 86.2. The van der Waals surface area contributed by atoms with Crippen molar-refractivity contribution in [2.75, 3.05) is 37.4 Å². The molecule has 0 aliphatic carbocycles. The van der Waals surface area contributed by atoms with Crippen LogP contribution >= 0.6 is 0 Å².